The number of nitriles is 2. The molecule has 2 aromatic heterocycles. The maximum atomic E-state index is 14.1. The van der Waals surface area contributed by atoms with E-state index in [-0.39, 0.29) is 23.2 Å². The minimum atomic E-state index is -0.949. The van der Waals surface area contributed by atoms with Crippen LogP contribution in [0.1, 0.15) is 63.3 Å². The Bertz CT molecular complexity index is 1590. The Kier molecular flexibility index (Phi) is 7.69. The highest BCUT2D eigenvalue weighted by atomic mass is 19.2. The van der Waals surface area contributed by atoms with Crippen molar-refractivity contribution in [2.24, 2.45) is 18.1 Å². The van der Waals surface area contributed by atoms with E-state index < -0.39 is 22.8 Å². The molecule has 1 fully saturated rings. The molecule has 0 spiro atoms. The molecule has 0 radical (unpaired) electrons. The Morgan fingerprint density at radius 2 is 1.79 bits per heavy atom. The number of oxime groups is 1. The van der Waals surface area contributed by atoms with Crippen LogP contribution >= 0.6 is 0 Å². The fraction of sp³-hybridized carbons (Fsp3) is 0.414. The number of halogens is 2. The van der Waals surface area contributed by atoms with Crippen molar-refractivity contribution >= 4 is 22.4 Å². The summed E-state index contributed by atoms with van der Waals surface area (Å²) >= 11 is 0. The summed E-state index contributed by atoms with van der Waals surface area (Å²) in [7, 11) is 3.40. The van der Waals surface area contributed by atoms with Gasteiger partial charge in [0.15, 0.2) is 11.6 Å². The predicted molar refractivity (Wildman–Crippen MR) is 144 cm³/mol. The molecular formula is C29H30F2N6O2. The second kappa shape index (κ2) is 10.8. The second-order valence-corrected chi connectivity index (χ2v) is 10.8. The molecule has 0 saturated heterocycles. The van der Waals surface area contributed by atoms with Crippen LogP contribution in [-0.4, -0.2) is 34.0 Å². The van der Waals surface area contributed by atoms with Crippen LogP contribution in [0.4, 0.5) is 14.5 Å². The fourth-order valence-electron chi connectivity index (χ4n) is 5.02. The van der Waals surface area contributed by atoms with E-state index >= 15 is 0 Å². The molecule has 3 aromatic rings. The van der Waals surface area contributed by atoms with Crippen molar-refractivity contribution in [2.75, 3.05) is 11.9 Å². The first kappa shape index (κ1) is 27.7. The highest BCUT2D eigenvalue weighted by molar-refractivity contribution is 6.02. The molecular weight excluding hydrogens is 502 g/mol. The van der Waals surface area contributed by atoms with Crippen LogP contribution in [0.15, 0.2) is 40.3 Å². The van der Waals surface area contributed by atoms with E-state index in [0.717, 1.165) is 12.1 Å². The number of hydrogen-bond acceptors (Lipinski definition) is 7. The van der Waals surface area contributed by atoms with E-state index in [0.29, 0.717) is 53.7 Å². The first-order valence-corrected chi connectivity index (χ1v) is 12.7. The first-order valence-electron chi connectivity index (χ1n) is 12.7. The molecule has 1 aliphatic rings. The summed E-state index contributed by atoms with van der Waals surface area (Å²) < 4.78 is 29.1. The summed E-state index contributed by atoms with van der Waals surface area (Å²) in [4.78, 5) is 25.1. The molecule has 39 heavy (non-hydrogen) atoms. The summed E-state index contributed by atoms with van der Waals surface area (Å²) in [5, 5.41) is 23.7. The van der Waals surface area contributed by atoms with E-state index in [1.54, 1.807) is 19.2 Å². The molecule has 10 heteroatoms. The number of benzene rings is 1. The van der Waals surface area contributed by atoms with Crippen LogP contribution in [-0.2, 0) is 11.9 Å². The van der Waals surface area contributed by atoms with Gasteiger partial charge in [-0.05, 0) is 76.8 Å². The molecule has 0 unspecified atom stereocenters. The molecule has 1 aliphatic carbocycles. The average Bonchev–Trinajstić information content (AvgIpc) is 2.91. The SMILES string of the molecule is CN(c1c(C#N)c(=O)n(C)c2ccc(C#N)nc12)C1CCC(/C(=N/OC(C)(C)C)c2ccc(F)c(F)c2)CC1. The molecule has 1 saturated carbocycles. The largest absolute Gasteiger partial charge is 0.390 e. The molecule has 0 bridgehead atoms. The standard InChI is InChI=1S/C29H30F2N6O2/c1-29(2,3)39-35-25(18-8-12-22(30)23(31)14-18)17-6-10-20(11-7-17)36(4)27-21(16-33)28(38)37(5)24-13-9-19(15-32)34-26(24)27/h8-9,12-14,17,20H,6-7,10-11H2,1-5H3/b35-25-. The fourth-order valence-corrected chi connectivity index (χ4v) is 5.02. The lowest BCUT2D eigenvalue weighted by atomic mass is 9.80. The minimum Gasteiger partial charge on any atom is -0.390 e. The van der Waals surface area contributed by atoms with Crippen LogP contribution in [0.25, 0.3) is 11.0 Å². The highest BCUT2D eigenvalue weighted by Crippen LogP contribution is 2.35. The van der Waals surface area contributed by atoms with E-state index in [1.807, 2.05) is 44.9 Å². The first-order chi connectivity index (χ1) is 18.4. The van der Waals surface area contributed by atoms with Crippen molar-refractivity contribution in [1.29, 1.82) is 10.5 Å². The third kappa shape index (κ3) is 5.61. The quantitative estimate of drug-likeness (QED) is 0.331. The van der Waals surface area contributed by atoms with Gasteiger partial charge in [-0.25, -0.2) is 13.8 Å². The van der Waals surface area contributed by atoms with E-state index in [4.69, 9.17) is 4.84 Å². The van der Waals surface area contributed by atoms with Crippen molar-refractivity contribution < 1.29 is 13.6 Å². The molecule has 2 heterocycles. The van der Waals surface area contributed by atoms with Crippen LogP contribution in [0, 0.1) is 40.2 Å². The predicted octanol–water partition coefficient (Wildman–Crippen LogP) is 5.17. The number of hydrogen-bond donors (Lipinski definition) is 0. The second-order valence-electron chi connectivity index (χ2n) is 10.8. The van der Waals surface area contributed by atoms with Crippen LogP contribution in [0.3, 0.4) is 0 Å². The maximum Gasteiger partial charge on any atom is 0.270 e. The molecule has 0 atom stereocenters. The number of pyridine rings is 2. The van der Waals surface area contributed by atoms with Gasteiger partial charge in [-0.15, -0.1) is 0 Å². The normalized spacial score (nSPS) is 17.9. The van der Waals surface area contributed by atoms with E-state index in [2.05, 4.69) is 10.1 Å². The van der Waals surface area contributed by atoms with E-state index in [9.17, 15) is 24.1 Å². The zero-order chi connectivity index (χ0) is 28.5. The Labute approximate surface area is 225 Å². The average molecular weight is 533 g/mol. The van der Waals surface area contributed by atoms with Gasteiger partial charge in [0.05, 0.1) is 16.9 Å². The van der Waals surface area contributed by atoms with Gasteiger partial charge in [0.25, 0.3) is 5.56 Å². The zero-order valence-electron chi connectivity index (χ0n) is 22.6. The third-order valence-corrected chi connectivity index (χ3v) is 7.06. The van der Waals surface area contributed by atoms with Crippen molar-refractivity contribution in [3.05, 3.63) is 69.1 Å². The number of nitrogens with zero attached hydrogens (tertiary/aromatic N) is 6. The van der Waals surface area contributed by atoms with Gasteiger partial charge < -0.3 is 14.3 Å². The Morgan fingerprint density at radius 3 is 2.38 bits per heavy atom. The van der Waals surface area contributed by atoms with Crippen LogP contribution < -0.4 is 10.5 Å². The Hall–Kier alpha value is -4.31. The third-order valence-electron chi connectivity index (χ3n) is 7.06. The van der Waals surface area contributed by atoms with Gasteiger partial charge in [0, 0.05) is 31.6 Å². The molecule has 1 aromatic carbocycles. The van der Waals surface area contributed by atoms with Gasteiger partial charge in [0.1, 0.15) is 34.5 Å². The van der Waals surface area contributed by atoms with Crippen molar-refractivity contribution in [3.63, 3.8) is 0 Å². The lowest BCUT2D eigenvalue weighted by molar-refractivity contribution is -0.0000322. The number of anilines is 1. The minimum absolute atomic E-state index is 0.0279. The summed E-state index contributed by atoms with van der Waals surface area (Å²) in [6.07, 6.45) is 2.70. The summed E-state index contributed by atoms with van der Waals surface area (Å²) in [5.41, 5.74) is 1.54. The van der Waals surface area contributed by atoms with Crippen molar-refractivity contribution in [3.8, 4) is 12.1 Å². The van der Waals surface area contributed by atoms with E-state index in [1.165, 1.54) is 10.6 Å². The molecule has 8 nitrogen and oxygen atoms in total. The molecule has 4 rings (SSSR count). The maximum absolute atomic E-state index is 14.1. The number of fused-ring (bicyclic) bond motifs is 1. The topological polar surface area (TPSA) is 107 Å². The zero-order valence-corrected chi connectivity index (χ0v) is 22.6. The number of aryl methyl sites for hydroxylation is 1. The van der Waals surface area contributed by atoms with Crippen molar-refractivity contribution in [2.45, 2.75) is 58.1 Å². The van der Waals surface area contributed by atoms with Crippen LogP contribution in [0.2, 0.25) is 0 Å². The summed E-state index contributed by atoms with van der Waals surface area (Å²) in [5.74, 6) is -1.95. The lowest BCUT2D eigenvalue weighted by Gasteiger charge is -2.37. The number of rotatable bonds is 5. The molecule has 202 valence electrons. The lowest BCUT2D eigenvalue weighted by Crippen LogP contribution is -2.39. The smallest absolute Gasteiger partial charge is 0.270 e. The Balaban J connectivity index is 1.67. The molecule has 0 N–H and O–H groups in total. The van der Waals surface area contributed by atoms with Gasteiger partial charge >= 0.3 is 0 Å². The van der Waals surface area contributed by atoms with Gasteiger partial charge in [0.2, 0.25) is 0 Å². The van der Waals surface area contributed by atoms with Gasteiger partial charge in [-0.3, -0.25) is 4.79 Å². The number of aromatic nitrogens is 2. The van der Waals surface area contributed by atoms with Crippen LogP contribution in [0.5, 0.6) is 0 Å². The summed E-state index contributed by atoms with van der Waals surface area (Å²) in [6, 6.07) is 11.0. The van der Waals surface area contributed by atoms with Gasteiger partial charge in [-0.1, -0.05) is 5.16 Å². The van der Waals surface area contributed by atoms with Gasteiger partial charge in [-0.2, -0.15) is 10.5 Å². The molecule has 0 amide bonds. The Morgan fingerprint density at radius 1 is 1.10 bits per heavy atom. The highest BCUT2D eigenvalue weighted by Gasteiger charge is 2.32. The molecule has 0 aliphatic heterocycles. The monoisotopic (exact) mass is 532 g/mol. The van der Waals surface area contributed by atoms with Crippen molar-refractivity contribution in [1.82, 2.24) is 9.55 Å². The summed E-state index contributed by atoms with van der Waals surface area (Å²) in [6.45, 7) is 5.58.